The van der Waals surface area contributed by atoms with Crippen LogP contribution in [0.3, 0.4) is 0 Å². The minimum Gasteiger partial charge on any atom is -0.282 e. The summed E-state index contributed by atoms with van der Waals surface area (Å²) in [5, 5.41) is 0. The van der Waals surface area contributed by atoms with Crippen molar-refractivity contribution in [2.24, 2.45) is 4.99 Å². The van der Waals surface area contributed by atoms with Crippen LogP contribution >= 0.6 is 0 Å². The Balaban J connectivity index is 3.92. The average molecular weight is 185 g/mol. The summed E-state index contributed by atoms with van der Waals surface area (Å²) in [6, 6.07) is -0.836. The molecule has 0 heterocycles. The van der Waals surface area contributed by atoms with Gasteiger partial charge in [0, 0.05) is 0 Å². The zero-order valence-corrected chi connectivity index (χ0v) is 6.74. The Kier molecular flexibility index (Phi) is 4.85. The number of aliphatic imine (C=N–C) groups is 1. The van der Waals surface area contributed by atoms with E-state index in [9.17, 15) is 17.6 Å². The maximum absolute atomic E-state index is 11.9. The van der Waals surface area contributed by atoms with Gasteiger partial charge >= 0.3 is 6.18 Å². The van der Waals surface area contributed by atoms with Gasteiger partial charge in [-0.1, -0.05) is 13.3 Å². The molecule has 0 aliphatic rings. The van der Waals surface area contributed by atoms with Gasteiger partial charge in [-0.25, -0.2) is 4.39 Å². The normalized spacial score (nSPS) is 15.4. The van der Waals surface area contributed by atoms with E-state index in [1.807, 2.05) is 0 Å². The van der Waals surface area contributed by atoms with Crippen molar-refractivity contribution in [2.45, 2.75) is 32.0 Å². The third kappa shape index (κ3) is 6.12. The fraction of sp³-hybridized carbons (Fsp3) is 0.857. The molecule has 0 aromatic heterocycles. The lowest BCUT2D eigenvalue weighted by Crippen LogP contribution is -2.14. The number of halogens is 4. The lowest BCUT2D eigenvalue weighted by molar-refractivity contribution is -0.0539. The highest BCUT2D eigenvalue weighted by molar-refractivity contribution is 5.64. The monoisotopic (exact) mass is 185 g/mol. The minimum atomic E-state index is -4.43. The van der Waals surface area contributed by atoms with Gasteiger partial charge < -0.3 is 0 Å². The lowest BCUT2D eigenvalue weighted by atomic mass is 10.2. The van der Waals surface area contributed by atoms with Crippen LogP contribution in [0.2, 0.25) is 0 Å². The smallest absolute Gasteiger partial charge is 0.282 e. The van der Waals surface area contributed by atoms with Crippen molar-refractivity contribution in [3.63, 3.8) is 0 Å². The van der Waals surface area contributed by atoms with Crippen LogP contribution in [0, 0.1) is 0 Å². The molecule has 72 valence electrons. The lowest BCUT2D eigenvalue weighted by Gasteiger charge is -2.05. The molecule has 0 aromatic rings. The Labute approximate surface area is 68.5 Å². The third-order valence-corrected chi connectivity index (χ3v) is 1.23. The van der Waals surface area contributed by atoms with Gasteiger partial charge in [-0.05, 0) is 6.42 Å². The van der Waals surface area contributed by atoms with Gasteiger partial charge in [0.05, 0.1) is 6.04 Å². The van der Waals surface area contributed by atoms with E-state index in [4.69, 9.17) is 0 Å². The van der Waals surface area contributed by atoms with Crippen LogP contribution < -0.4 is 0 Å². The SMILES string of the molecule is CCCC(CF)/N=C/C(F)(F)F. The molecule has 1 unspecified atom stereocenters. The highest BCUT2D eigenvalue weighted by atomic mass is 19.4. The molecule has 12 heavy (non-hydrogen) atoms. The van der Waals surface area contributed by atoms with Crippen molar-refractivity contribution >= 4 is 6.21 Å². The second-order valence-corrected chi connectivity index (χ2v) is 2.42. The Morgan fingerprint density at radius 3 is 2.33 bits per heavy atom. The van der Waals surface area contributed by atoms with Crippen molar-refractivity contribution in [1.29, 1.82) is 0 Å². The van der Waals surface area contributed by atoms with Gasteiger partial charge in [0.1, 0.15) is 12.9 Å². The molecule has 0 saturated heterocycles. The fourth-order valence-electron chi connectivity index (χ4n) is 0.715. The molecule has 0 bridgehead atoms. The van der Waals surface area contributed by atoms with Crippen molar-refractivity contribution in [1.82, 2.24) is 0 Å². The molecule has 1 atom stereocenters. The summed E-state index contributed by atoms with van der Waals surface area (Å²) >= 11 is 0. The number of rotatable bonds is 4. The number of nitrogens with zero attached hydrogens (tertiary/aromatic N) is 1. The first-order chi connectivity index (χ1) is 5.49. The average Bonchev–Trinajstić information content (AvgIpc) is 1.96. The first kappa shape index (κ1) is 11.4. The molecular weight excluding hydrogens is 174 g/mol. The van der Waals surface area contributed by atoms with Crippen LogP contribution in [0.1, 0.15) is 19.8 Å². The fourth-order valence-corrected chi connectivity index (χ4v) is 0.715. The Hall–Kier alpha value is -0.610. The molecule has 1 nitrogen and oxygen atoms in total. The van der Waals surface area contributed by atoms with E-state index in [1.54, 1.807) is 6.92 Å². The van der Waals surface area contributed by atoms with E-state index < -0.39 is 18.9 Å². The molecular formula is C7H11F4N. The highest BCUT2D eigenvalue weighted by Gasteiger charge is 2.24. The minimum absolute atomic E-state index is 0.146. The Morgan fingerprint density at radius 1 is 1.42 bits per heavy atom. The van der Waals surface area contributed by atoms with Gasteiger partial charge in [0.25, 0.3) is 0 Å². The molecule has 0 saturated carbocycles. The van der Waals surface area contributed by atoms with Crippen molar-refractivity contribution in [2.75, 3.05) is 6.67 Å². The van der Waals surface area contributed by atoms with Gasteiger partial charge in [-0.2, -0.15) is 13.2 Å². The molecule has 0 fully saturated rings. The standard InChI is InChI=1S/C7H11F4N/c1-2-3-6(4-8)12-5-7(9,10)11/h5-6H,2-4H2,1H3/b12-5+. The largest absolute Gasteiger partial charge is 0.426 e. The van der Waals surface area contributed by atoms with Gasteiger partial charge in [0.2, 0.25) is 0 Å². The molecule has 0 aromatic carbocycles. The summed E-state index contributed by atoms with van der Waals surface area (Å²) < 4.78 is 46.5. The van der Waals surface area contributed by atoms with Crippen LogP contribution in [-0.4, -0.2) is 25.1 Å². The van der Waals surface area contributed by atoms with E-state index >= 15 is 0 Å². The predicted molar refractivity (Wildman–Crippen MR) is 39.2 cm³/mol. The maximum Gasteiger partial charge on any atom is 0.426 e. The second-order valence-electron chi connectivity index (χ2n) is 2.42. The summed E-state index contributed by atoms with van der Waals surface area (Å²) in [6.07, 6.45) is -3.60. The van der Waals surface area contributed by atoms with Crippen LogP contribution in [0.25, 0.3) is 0 Å². The number of hydrogen-bond donors (Lipinski definition) is 0. The van der Waals surface area contributed by atoms with Crippen molar-refractivity contribution in [3.8, 4) is 0 Å². The second kappa shape index (κ2) is 5.11. The molecule has 0 aliphatic heterocycles. The first-order valence-corrected chi connectivity index (χ1v) is 3.66. The zero-order chi connectivity index (χ0) is 9.61. The molecule has 5 heteroatoms. The highest BCUT2D eigenvalue weighted by Crippen LogP contribution is 2.12. The number of alkyl halides is 4. The predicted octanol–water partition coefficient (Wildman–Crippen LogP) is 2.76. The van der Waals surface area contributed by atoms with Crippen LogP contribution in [0.5, 0.6) is 0 Å². The molecule has 0 rings (SSSR count). The van der Waals surface area contributed by atoms with Crippen molar-refractivity contribution < 1.29 is 17.6 Å². The van der Waals surface area contributed by atoms with E-state index in [-0.39, 0.29) is 6.21 Å². The Bertz CT molecular complexity index is 141. The van der Waals surface area contributed by atoms with Crippen molar-refractivity contribution in [3.05, 3.63) is 0 Å². The molecule has 0 aliphatic carbocycles. The zero-order valence-electron chi connectivity index (χ0n) is 6.74. The van der Waals surface area contributed by atoms with E-state index in [0.29, 0.717) is 12.8 Å². The van der Waals surface area contributed by atoms with E-state index in [1.165, 1.54) is 0 Å². The van der Waals surface area contributed by atoms with E-state index in [2.05, 4.69) is 4.99 Å². The molecule has 0 spiro atoms. The summed E-state index contributed by atoms with van der Waals surface area (Å²) in [5.41, 5.74) is 0. The quantitative estimate of drug-likeness (QED) is 0.471. The van der Waals surface area contributed by atoms with Crippen LogP contribution in [-0.2, 0) is 0 Å². The molecule has 0 radical (unpaired) electrons. The topological polar surface area (TPSA) is 12.4 Å². The Morgan fingerprint density at radius 2 is 2.00 bits per heavy atom. The van der Waals surface area contributed by atoms with Gasteiger partial charge in [0.15, 0.2) is 0 Å². The third-order valence-electron chi connectivity index (χ3n) is 1.23. The van der Waals surface area contributed by atoms with Crippen LogP contribution in [0.4, 0.5) is 17.6 Å². The molecule has 0 N–H and O–H groups in total. The van der Waals surface area contributed by atoms with E-state index in [0.717, 1.165) is 0 Å². The number of hydrogen-bond acceptors (Lipinski definition) is 1. The first-order valence-electron chi connectivity index (χ1n) is 3.66. The maximum atomic E-state index is 11.9. The van der Waals surface area contributed by atoms with Gasteiger partial charge in [-0.15, -0.1) is 0 Å². The molecule has 0 amide bonds. The van der Waals surface area contributed by atoms with Gasteiger partial charge in [-0.3, -0.25) is 4.99 Å². The van der Waals surface area contributed by atoms with Crippen LogP contribution in [0.15, 0.2) is 4.99 Å². The summed E-state index contributed by atoms with van der Waals surface area (Å²) in [4.78, 5) is 3.08. The summed E-state index contributed by atoms with van der Waals surface area (Å²) in [6.45, 7) is 0.937. The summed E-state index contributed by atoms with van der Waals surface area (Å²) in [7, 11) is 0. The summed E-state index contributed by atoms with van der Waals surface area (Å²) in [5.74, 6) is 0.